The Morgan fingerprint density at radius 2 is 1.57 bits per heavy atom. The van der Waals surface area contributed by atoms with Crippen LogP contribution in [0.15, 0.2) is 24.3 Å². The highest BCUT2D eigenvalue weighted by Crippen LogP contribution is 2.07. The second-order valence-electron chi connectivity index (χ2n) is 5.24. The standard InChI is InChI=1S/C14H19N3O4/c1-14(2,3)21-13(20)17-16-12(19)10-7-5-6-9(8-10)11(18)15-4/h5-8H,1-4H3,(H,15,18)(H,16,19)(H,17,20). The highest BCUT2D eigenvalue weighted by atomic mass is 16.6. The Morgan fingerprint density at radius 3 is 2.10 bits per heavy atom. The van der Waals surface area contributed by atoms with Crippen molar-refractivity contribution in [1.82, 2.24) is 16.2 Å². The summed E-state index contributed by atoms with van der Waals surface area (Å²) >= 11 is 0. The third kappa shape index (κ3) is 5.52. The van der Waals surface area contributed by atoms with Crippen molar-refractivity contribution in [3.63, 3.8) is 0 Å². The highest BCUT2D eigenvalue weighted by Gasteiger charge is 2.17. The van der Waals surface area contributed by atoms with E-state index in [9.17, 15) is 14.4 Å². The maximum atomic E-state index is 11.9. The molecule has 1 aromatic carbocycles. The minimum absolute atomic E-state index is 0.243. The second-order valence-corrected chi connectivity index (χ2v) is 5.24. The zero-order chi connectivity index (χ0) is 16.0. The van der Waals surface area contributed by atoms with E-state index in [2.05, 4.69) is 16.2 Å². The molecule has 0 radical (unpaired) electrons. The van der Waals surface area contributed by atoms with Crippen LogP contribution in [-0.4, -0.2) is 30.6 Å². The van der Waals surface area contributed by atoms with Gasteiger partial charge in [-0.1, -0.05) is 6.07 Å². The summed E-state index contributed by atoms with van der Waals surface area (Å²) in [4.78, 5) is 34.7. The summed E-state index contributed by atoms with van der Waals surface area (Å²) in [5.41, 5.74) is 4.28. The molecule has 7 heteroatoms. The molecule has 0 aliphatic carbocycles. The summed E-state index contributed by atoms with van der Waals surface area (Å²) in [6.07, 6.45) is -0.765. The van der Waals surface area contributed by atoms with Crippen LogP contribution in [-0.2, 0) is 4.74 Å². The average molecular weight is 293 g/mol. The Hall–Kier alpha value is -2.57. The van der Waals surface area contributed by atoms with Crippen molar-refractivity contribution in [3.05, 3.63) is 35.4 Å². The number of nitrogens with one attached hydrogen (secondary N) is 3. The van der Waals surface area contributed by atoms with Crippen LogP contribution in [0.1, 0.15) is 41.5 Å². The smallest absolute Gasteiger partial charge is 0.426 e. The SMILES string of the molecule is CNC(=O)c1cccc(C(=O)NNC(=O)OC(C)(C)C)c1. The molecule has 3 amide bonds. The molecule has 0 fully saturated rings. The molecule has 1 rings (SSSR count). The van der Waals surface area contributed by atoms with Gasteiger partial charge in [-0.25, -0.2) is 10.2 Å². The molecular weight excluding hydrogens is 274 g/mol. The monoisotopic (exact) mass is 293 g/mol. The molecule has 0 bridgehead atoms. The number of hydrazine groups is 1. The summed E-state index contributed by atoms with van der Waals surface area (Å²) in [7, 11) is 1.50. The minimum atomic E-state index is -0.765. The van der Waals surface area contributed by atoms with E-state index in [0.717, 1.165) is 0 Å². The molecular formula is C14H19N3O4. The van der Waals surface area contributed by atoms with Crippen molar-refractivity contribution in [3.8, 4) is 0 Å². The topological polar surface area (TPSA) is 96.5 Å². The Bertz CT molecular complexity index is 549. The molecule has 114 valence electrons. The third-order valence-corrected chi connectivity index (χ3v) is 2.29. The first-order valence-electron chi connectivity index (χ1n) is 6.34. The quantitative estimate of drug-likeness (QED) is 0.714. The highest BCUT2D eigenvalue weighted by molar-refractivity contribution is 5.99. The van der Waals surface area contributed by atoms with Gasteiger partial charge in [0.1, 0.15) is 5.60 Å². The Morgan fingerprint density at radius 1 is 1.00 bits per heavy atom. The predicted octanol–water partition coefficient (Wildman–Crippen LogP) is 1.22. The number of carbonyl (C=O) groups is 3. The van der Waals surface area contributed by atoms with Crippen molar-refractivity contribution in [2.24, 2.45) is 0 Å². The minimum Gasteiger partial charge on any atom is -0.443 e. The van der Waals surface area contributed by atoms with Gasteiger partial charge < -0.3 is 10.1 Å². The Labute approximate surface area is 123 Å². The Balaban J connectivity index is 2.64. The lowest BCUT2D eigenvalue weighted by Crippen LogP contribution is -2.44. The van der Waals surface area contributed by atoms with Gasteiger partial charge in [0.15, 0.2) is 0 Å². The van der Waals surface area contributed by atoms with Crippen LogP contribution >= 0.6 is 0 Å². The fourth-order valence-electron chi connectivity index (χ4n) is 1.43. The van der Waals surface area contributed by atoms with Gasteiger partial charge in [0, 0.05) is 18.2 Å². The summed E-state index contributed by atoms with van der Waals surface area (Å²) < 4.78 is 4.97. The molecule has 0 spiro atoms. The maximum Gasteiger partial charge on any atom is 0.426 e. The van der Waals surface area contributed by atoms with E-state index < -0.39 is 17.6 Å². The van der Waals surface area contributed by atoms with E-state index in [0.29, 0.717) is 5.56 Å². The molecule has 0 aromatic heterocycles. The number of ether oxygens (including phenoxy) is 1. The number of hydrogen-bond donors (Lipinski definition) is 3. The van der Waals surface area contributed by atoms with Crippen LogP contribution in [0.25, 0.3) is 0 Å². The van der Waals surface area contributed by atoms with Crippen LogP contribution in [0.2, 0.25) is 0 Å². The fourth-order valence-corrected chi connectivity index (χ4v) is 1.43. The normalized spacial score (nSPS) is 10.5. The summed E-state index contributed by atoms with van der Waals surface area (Å²) in [6.45, 7) is 5.13. The van der Waals surface area contributed by atoms with E-state index in [1.807, 2.05) is 0 Å². The van der Waals surface area contributed by atoms with Gasteiger partial charge in [-0.05, 0) is 39.0 Å². The molecule has 0 aliphatic heterocycles. The Kier molecular flexibility index (Phi) is 5.29. The van der Waals surface area contributed by atoms with Crippen molar-refractivity contribution in [2.75, 3.05) is 7.05 Å². The summed E-state index contributed by atoms with van der Waals surface area (Å²) in [5.74, 6) is -0.851. The maximum absolute atomic E-state index is 11.9. The summed E-state index contributed by atoms with van der Waals surface area (Å²) in [6, 6.07) is 6.10. The fraction of sp³-hybridized carbons (Fsp3) is 0.357. The predicted molar refractivity (Wildman–Crippen MR) is 76.7 cm³/mol. The van der Waals surface area contributed by atoms with Crippen molar-refractivity contribution < 1.29 is 19.1 Å². The van der Waals surface area contributed by atoms with Gasteiger partial charge in [0.05, 0.1) is 0 Å². The third-order valence-electron chi connectivity index (χ3n) is 2.29. The van der Waals surface area contributed by atoms with Crippen LogP contribution in [0.3, 0.4) is 0 Å². The van der Waals surface area contributed by atoms with Gasteiger partial charge in [-0.15, -0.1) is 0 Å². The van der Waals surface area contributed by atoms with Crippen LogP contribution in [0.5, 0.6) is 0 Å². The van der Waals surface area contributed by atoms with E-state index in [4.69, 9.17) is 4.74 Å². The first kappa shape index (κ1) is 16.5. The van der Waals surface area contributed by atoms with Crippen LogP contribution in [0, 0.1) is 0 Å². The van der Waals surface area contributed by atoms with Gasteiger partial charge >= 0.3 is 6.09 Å². The molecule has 0 saturated heterocycles. The first-order valence-corrected chi connectivity index (χ1v) is 6.34. The zero-order valence-corrected chi connectivity index (χ0v) is 12.4. The number of carbonyl (C=O) groups excluding carboxylic acids is 3. The van der Waals surface area contributed by atoms with E-state index >= 15 is 0 Å². The van der Waals surface area contributed by atoms with Gasteiger partial charge in [0.25, 0.3) is 11.8 Å². The molecule has 0 unspecified atom stereocenters. The van der Waals surface area contributed by atoms with E-state index in [-0.39, 0.29) is 11.5 Å². The first-order chi connectivity index (χ1) is 9.73. The molecule has 0 saturated carbocycles. The molecule has 0 aliphatic rings. The lowest BCUT2D eigenvalue weighted by Gasteiger charge is -2.19. The van der Waals surface area contributed by atoms with E-state index in [1.165, 1.54) is 19.2 Å². The molecule has 3 N–H and O–H groups in total. The largest absolute Gasteiger partial charge is 0.443 e. The lowest BCUT2D eigenvalue weighted by molar-refractivity contribution is 0.0483. The second kappa shape index (κ2) is 6.74. The van der Waals surface area contributed by atoms with Crippen molar-refractivity contribution in [2.45, 2.75) is 26.4 Å². The van der Waals surface area contributed by atoms with Gasteiger partial charge in [-0.3, -0.25) is 15.0 Å². The van der Waals surface area contributed by atoms with Crippen molar-refractivity contribution >= 4 is 17.9 Å². The summed E-state index contributed by atoms with van der Waals surface area (Å²) in [5, 5.41) is 2.46. The van der Waals surface area contributed by atoms with Gasteiger partial charge in [0.2, 0.25) is 0 Å². The number of benzene rings is 1. The van der Waals surface area contributed by atoms with Crippen LogP contribution in [0.4, 0.5) is 4.79 Å². The zero-order valence-electron chi connectivity index (χ0n) is 12.4. The van der Waals surface area contributed by atoms with Crippen LogP contribution < -0.4 is 16.2 Å². The number of rotatable bonds is 2. The average Bonchev–Trinajstić information content (AvgIpc) is 2.42. The molecule has 1 aromatic rings. The molecule has 7 nitrogen and oxygen atoms in total. The number of hydrogen-bond acceptors (Lipinski definition) is 4. The van der Waals surface area contributed by atoms with Crippen molar-refractivity contribution in [1.29, 1.82) is 0 Å². The van der Waals surface area contributed by atoms with Gasteiger partial charge in [-0.2, -0.15) is 0 Å². The lowest BCUT2D eigenvalue weighted by atomic mass is 10.1. The molecule has 0 heterocycles. The molecule has 21 heavy (non-hydrogen) atoms. The molecule has 0 atom stereocenters. The van der Waals surface area contributed by atoms with E-state index in [1.54, 1.807) is 32.9 Å². The number of amides is 3.